The van der Waals surface area contributed by atoms with Gasteiger partial charge < -0.3 is 28.1 Å². The minimum absolute atomic E-state index is 0.0169. The van der Waals surface area contributed by atoms with Gasteiger partial charge in [0, 0.05) is 45.4 Å². The molecule has 0 fully saturated rings. The summed E-state index contributed by atoms with van der Waals surface area (Å²) in [4.78, 5) is 59.9. The van der Waals surface area contributed by atoms with Gasteiger partial charge in [-0.15, -0.1) is 0 Å². The minimum Gasteiger partial charge on any atom is -0.493 e. The average Bonchev–Trinajstić information content (AvgIpc) is 2.73. The van der Waals surface area contributed by atoms with Gasteiger partial charge in [-0.05, 0) is 18.2 Å². The molecule has 11 nitrogen and oxygen atoms in total. The average molecular weight is 484 g/mol. The lowest BCUT2D eigenvalue weighted by molar-refractivity contribution is -0.133. The van der Waals surface area contributed by atoms with E-state index in [1.54, 1.807) is 0 Å². The molecule has 0 atom stereocenters. The van der Waals surface area contributed by atoms with Crippen LogP contribution in [0, 0.1) is 0 Å². The number of fused-ring (bicyclic) bond motifs is 1. The Morgan fingerprint density at radius 3 is 1.89 bits per heavy atom. The highest BCUT2D eigenvalue weighted by Crippen LogP contribution is 2.39. The molecule has 0 amide bonds. The fraction of sp³-hybridized carbons (Fsp3) is 0.208. The van der Waals surface area contributed by atoms with Gasteiger partial charge in [-0.25, -0.2) is 0 Å². The van der Waals surface area contributed by atoms with Crippen molar-refractivity contribution in [2.75, 3.05) is 7.11 Å². The van der Waals surface area contributed by atoms with E-state index >= 15 is 0 Å². The standard InChI is InChI=1S/C24H20O11/c1-11(25)31-16-9-19(33-13(3)27)21-20(10-16)35-23(24(22(21)29)34-14(4)28)15-6-7-17(30-5)18(8-15)32-12(2)26/h6-10H,1-5H3. The van der Waals surface area contributed by atoms with Crippen LogP contribution in [0.3, 0.4) is 0 Å². The van der Waals surface area contributed by atoms with E-state index < -0.39 is 35.1 Å². The Kier molecular flexibility index (Phi) is 7.19. The highest BCUT2D eigenvalue weighted by Gasteiger charge is 2.25. The van der Waals surface area contributed by atoms with E-state index in [4.69, 9.17) is 28.1 Å². The van der Waals surface area contributed by atoms with Crippen LogP contribution in [0.5, 0.6) is 28.7 Å². The molecular weight excluding hydrogens is 464 g/mol. The summed E-state index contributed by atoms with van der Waals surface area (Å²) in [5, 5.41) is -0.232. The van der Waals surface area contributed by atoms with Crippen LogP contribution >= 0.6 is 0 Å². The zero-order valence-corrected chi connectivity index (χ0v) is 19.4. The first-order chi connectivity index (χ1) is 16.5. The molecule has 2 aromatic carbocycles. The number of carbonyl (C=O) groups is 4. The van der Waals surface area contributed by atoms with Gasteiger partial charge in [0.15, 0.2) is 17.3 Å². The van der Waals surface area contributed by atoms with E-state index in [9.17, 15) is 24.0 Å². The lowest BCUT2D eigenvalue weighted by Gasteiger charge is -2.14. The van der Waals surface area contributed by atoms with E-state index in [1.165, 1.54) is 38.3 Å². The Bertz CT molecular complexity index is 1420. The molecule has 0 aliphatic carbocycles. The Morgan fingerprint density at radius 1 is 0.714 bits per heavy atom. The fourth-order valence-electron chi connectivity index (χ4n) is 3.18. The third-order valence-electron chi connectivity index (χ3n) is 4.33. The van der Waals surface area contributed by atoms with E-state index in [-0.39, 0.29) is 45.3 Å². The molecule has 0 saturated carbocycles. The summed E-state index contributed by atoms with van der Waals surface area (Å²) < 4.78 is 31.6. The molecule has 0 bridgehead atoms. The van der Waals surface area contributed by atoms with E-state index in [2.05, 4.69) is 0 Å². The highest BCUT2D eigenvalue weighted by molar-refractivity contribution is 5.92. The largest absolute Gasteiger partial charge is 0.493 e. The summed E-state index contributed by atoms with van der Waals surface area (Å²) in [5.74, 6) is -3.68. The summed E-state index contributed by atoms with van der Waals surface area (Å²) in [7, 11) is 1.37. The summed E-state index contributed by atoms with van der Waals surface area (Å²) in [5.41, 5.74) is -0.795. The van der Waals surface area contributed by atoms with Crippen molar-refractivity contribution in [1.82, 2.24) is 0 Å². The number of hydrogen-bond acceptors (Lipinski definition) is 11. The minimum atomic E-state index is -0.841. The van der Waals surface area contributed by atoms with Crippen LogP contribution in [-0.2, 0) is 19.2 Å². The molecule has 3 rings (SSSR count). The quantitative estimate of drug-likeness (QED) is 0.376. The molecule has 0 radical (unpaired) electrons. The summed E-state index contributed by atoms with van der Waals surface area (Å²) in [6, 6.07) is 6.68. The molecule has 35 heavy (non-hydrogen) atoms. The zero-order chi connectivity index (χ0) is 25.9. The lowest BCUT2D eigenvalue weighted by atomic mass is 10.1. The Morgan fingerprint density at radius 2 is 1.31 bits per heavy atom. The molecular formula is C24H20O11. The van der Waals surface area contributed by atoms with Crippen molar-refractivity contribution in [2.24, 2.45) is 0 Å². The van der Waals surface area contributed by atoms with Crippen LogP contribution < -0.4 is 29.1 Å². The van der Waals surface area contributed by atoms with Crippen LogP contribution in [0.25, 0.3) is 22.3 Å². The van der Waals surface area contributed by atoms with Crippen LogP contribution in [0.4, 0.5) is 0 Å². The monoisotopic (exact) mass is 484 g/mol. The fourth-order valence-corrected chi connectivity index (χ4v) is 3.18. The maximum Gasteiger partial charge on any atom is 0.308 e. The normalized spacial score (nSPS) is 10.4. The number of benzene rings is 2. The summed E-state index contributed by atoms with van der Waals surface area (Å²) >= 11 is 0. The highest BCUT2D eigenvalue weighted by atomic mass is 16.6. The Labute approximate surface area is 198 Å². The van der Waals surface area contributed by atoms with Gasteiger partial charge in [0.1, 0.15) is 22.5 Å². The SMILES string of the molecule is COc1ccc(-c2oc3cc(OC(C)=O)cc(OC(C)=O)c3c(=O)c2OC(C)=O)cc1OC(C)=O. The first-order valence-electron chi connectivity index (χ1n) is 10.1. The maximum atomic E-state index is 13.4. The van der Waals surface area contributed by atoms with Gasteiger partial charge in [-0.1, -0.05) is 0 Å². The number of ether oxygens (including phenoxy) is 5. The van der Waals surface area contributed by atoms with Gasteiger partial charge in [-0.2, -0.15) is 0 Å². The third-order valence-corrected chi connectivity index (χ3v) is 4.33. The van der Waals surface area contributed by atoms with Crippen LogP contribution in [0.2, 0.25) is 0 Å². The molecule has 0 aliphatic heterocycles. The van der Waals surface area contributed by atoms with Crippen molar-refractivity contribution >= 4 is 34.8 Å². The Hall–Kier alpha value is -4.67. The number of rotatable bonds is 6. The predicted octanol–water partition coefficient (Wildman–Crippen LogP) is 3.17. The van der Waals surface area contributed by atoms with Crippen molar-refractivity contribution in [3.05, 3.63) is 40.6 Å². The first kappa shape index (κ1) is 25.0. The first-order valence-corrected chi connectivity index (χ1v) is 10.1. The molecule has 1 aromatic heterocycles. The van der Waals surface area contributed by atoms with Gasteiger partial charge >= 0.3 is 23.9 Å². The van der Waals surface area contributed by atoms with Gasteiger partial charge in [-0.3, -0.25) is 24.0 Å². The van der Waals surface area contributed by atoms with Crippen molar-refractivity contribution in [3.63, 3.8) is 0 Å². The number of esters is 4. The van der Waals surface area contributed by atoms with Crippen molar-refractivity contribution in [2.45, 2.75) is 27.7 Å². The number of hydrogen-bond donors (Lipinski definition) is 0. The van der Waals surface area contributed by atoms with Crippen molar-refractivity contribution in [1.29, 1.82) is 0 Å². The van der Waals surface area contributed by atoms with E-state index in [1.807, 2.05) is 0 Å². The van der Waals surface area contributed by atoms with Gasteiger partial charge in [0.05, 0.1) is 7.11 Å². The molecule has 0 unspecified atom stereocenters. The molecule has 3 aromatic rings. The lowest BCUT2D eigenvalue weighted by Crippen LogP contribution is -2.15. The third kappa shape index (κ3) is 5.64. The Balaban J connectivity index is 2.39. The van der Waals surface area contributed by atoms with Gasteiger partial charge in [0.25, 0.3) is 0 Å². The molecule has 0 aliphatic rings. The van der Waals surface area contributed by atoms with E-state index in [0.717, 1.165) is 26.8 Å². The maximum absolute atomic E-state index is 13.4. The number of carbonyl (C=O) groups excluding carboxylic acids is 4. The van der Waals surface area contributed by atoms with Crippen molar-refractivity contribution in [3.8, 4) is 40.1 Å². The second-order valence-electron chi connectivity index (χ2n) is 7.12. The zero-order valence-electron chi connectivity index (χ0n) is 19.4. The second kappa shape index (κ2) is 10.1. The number of methoxy groups -OCH3 is 1. The molecule has 0 saturated heterocycles. The van der Waals surface area contributed by atoms with Gasteiger partial charge in [0.2, 0.25) is 11.2 Å². The molecule has 0 N–H and O–H groups in total. The molecule has 11 heteroatoms. The predicted molar refractivity (Wildman–Crippen MR) is 120 cm³/mol. The summed E-state index contributed by atoms with van der Waals surface area (Å²) in [6.45, 7) is 4.55. The van der Waals surface area contributed by atoms with E-state index in [0.29, 0.717) is 0 Å². The molecule has 182 valence electrons. The van der Waals surface area contributed by atoms with Crippen LogP contribution in [-0.4, -0.2) is 31.0 Å². The molecule has 0 spiro atoms. The van der Waals surface area contributed by atoms with Crippen LogP contribution in [0.1, 0.15) is 27.7 Å². The smallest absolute Gasteiger partial charge is 0.308 e. The topological polar surface area (TPSA) is 145 Å². The molecule has 1 heterocycles. The van der Waals surface area contributed by atoms with Crippen LogP contribution in [0.15, 0.2) is 39.5 Å². The summed E-state index contributed by atoms with van der Waals surface area (Å²) in [6.07, 6.45) is 0. The van der Waals surface area contributed by atoms with Crippen molar-refractivity contribution < 1.29 is 47.3 Å². The second-order valence-corrected chi connectivity index (χ2v) is 7.12.